The molecule has 2 aromatic heterocycles. The normalized spacial score (nSPS) is 10.9. The number of carbonyl (C=O) groups excluding carboxylic acids is 2. The van der Waals surface area contributed by atoms with Gasteiger partial charge < -0.3 is 14.7 Å². The first-order valence-corrected chi connectivity index (χ1v) is 7.25. The molecular formula is C15H21N5O3. The van der Waals surface area contributed by atoms with Crippen LogP contribution in [0.15, 0.2) is 10.6 Å². The lowest BCUT2D eigenvalue weighted by molar-refractivity contribution is 0.0822. The zero-order valence-corrected chi connectivity index (χ0v) is 14.2. The molecule has 1 N–H and O–H groups in total. The molecule has 0 bridgehead atoms. The Morgan fingerprint density at radius 1 is 1.35 bits per heavy atom. The maximum absolute atomic E-state index is 12.4. The average Bonchev–Trinajstić information content (AvgIpc) is 3.07. The van der Waals surface area contributed by atoms with Crippen molar-refractivity contribution in [1.29, 1.82) is 0 Å². The van der Waals surface area contributed by atoms with E-state index < -0.39 is 5.91 Å². The summed E-state index contributed by atoms with van der Waals surface area (Å²) in [6, 6.07) is 1.60. The number of hydrogen-bond acceptors (Lipinski definition) is 5. The fraction of sp³-hybridized carbons (Fsp3) is 0.467. The van der Waals surface area contributed by atoms with E-state index in [1.807, 2.05) is 13.8 Å². The number of nitrogens with zero attached hydrogens (tertiary/aromatic N) is 4. The number of aryl methyl sites for hydroxylation is 1. The number of hydrogen-bond donors (Lipinski definition) is 1. The highest BCUT2D eigenvalue weighted by molar-refractivity contribution is 6.07. The van der Waals surface area contributed by atoms with Crippen molar-refractivity contribution in [3.05, 3.63) is 28.9 Å². The van der Waals surface area contributed by atoms with Crippen LogP contribution in [0.3, 0.4) is 0 Å². The standard InChI is InChI=1S/C15H21N5O3/c1-8(2)11-7-10(18-23-11)14(21)16-12-9(3)20(6)17-13(12)15(22)19(4)5/h7-8H,1-6H3,(H,16,21). The Balaban J connectivity index is 2.31. The van der Waals surface area contributed by atoms with Crippen LogP contribution in [0.25, 0.3) is 0 Å². The summed E-state index contributed by atoms with van der Waals surface area (Å²) in [6.07, 6.45) is 0. The van der Waals surface area contributed by atoms with Gasteiger partial charge in [-0.15, -0.1) is 0 Å². The molecule has 0 aliphatic heterocycles. The molecule has 8 heteroatoms. The lowest BCUT2D eigenvalue weighted by atomic mass is 10.1. The summed E-state index contributed by atoms with van der Waals surface area (Å²) < 4.78 is 6.68. The molecule has 0 aromatic carbocycles. The van der Waals surface area contributed by atoms with Gasteiger partial charge in [-0.2, -0.15) is 5.10 Å². The number of nitrogens with one attached hydrogen (secondary N) is 1. The van der Waals surface area contributed by atoms with Crippen LogP contribution in [-0.4, -0.2) is 45.7 Å². The quantitative estimate of drug-likeness (QED) is 0.927. The number of carbonyl (C=O) groups is 2. The molecule has 2 rings (SSSR count). The highest BCUT2D eigenvalue weighted by atomic mass is 16.5. The maximum Gasteiger partial charge on any atom is 0.277 e. The van der Waals surface area contributed by atoms with E-state index in [4.69, 9.17) is 4.52 Å². The molecule has 0 spiro atoms. The maximum atomic E-state index is 12.4. The van der Waals surface area contributed by atoms with E-state index in [9.17, 15) is 9.59 Å². The van der Waals surface area contributed by atoms with Crippen LogP contribution in [0, 0.1) is 6.92 Å². The summed E-state index contributed by atoms with van der Waals surface area (Å²) in [5.74, 6) is 0.0364. The zero-order chi connectivity index (χ0) is 17.3. The fourth-order valence-corrected chi connectivity index (χ4v) is 1.97. The molecule has 0 fully saturated rings. The van der Waals surface area contributed by atoms with E-state index in [0.29, 0.717) is 17.1 Å². The van der Waals surface area contributed by atoms with Gasteiger partial charge in [-0.05, 0) is 6.92 Å². The lowest BCUT2D eigenvalue weighted by Crippen LogP contribution is -2.24. The summed E-state index contributed by atoms with van der Waals surface area (Å²) in [7, 11) is 4.97. The summed E-state index contributed by atoms with van der Waals surface area (Å²) in [6.45, 7) is 5.67. The predicted octanol–water partition coefficient (Wildman–Crippen LogP) is 1.79. The average molecular weight is 319 g/mol. The summed E-state index contributed by atoms with van der Waals surface area (Å²) in [5, 5.41) is 10.7. The highest BCUT2D eigenvalue weighted by Gasteiger charge is 2.24. The van der Waals surface area contributed by atoms with E-state index in [1.54, 1.807) is 38.8 Å². The van der Waals surface area contributed by atoms with Crippen molar-refractivity contribution in [2.75, 3.05) is 19.4 Å². The molecule has 2 amide bonds. The van der Waals surface area contributed by atoms with Crippen LogP contribution in [0.4, 0.5) is 5.69 Å². The van der Waals surface area contributed by atoms with Gasteiger partial charge in [-0.25, -0.2) is 0 Å². The predicted molar refractivity (Wildman–Crippen MR) is 84.5 cm³/mol. The minimum Gasteiger partial charge on any atom is -0.360 e. The Hall–Kier alpha value is -2.64. The molecule has 0 unspecified atom stereocenters. The van der Waals surface area contributed by atoms with Gasteiger partial charge in [0.25, 0.3) is 11.8 Å². The monoisotopic (exact) mass is 319 g/mol. The summed E-state index contributed by atoms with van der Waals surface area (Å²) in [4.78, 5) is 26.0. The first-order valence-electron chi connectivity index (χ1n) is 7.25. The van der Waals surface area contributed by atoms with E-state index >= 15 is 0 Å². The molecule has 2 aromatic rings. The Kier molecular flexibility index (Phi) is 4.53. The number of aromatic nitrogens is 3. The van der Waals surface area contributed by atoms with Crippen LogP contribution < -0.4 is 5.32 Å². The van der Waals surface area contributed by atoms with Gasteiger partial charge >= 0.3 is 0 Å². The SMILES string of the molecule is Cc1c(NC(=O)c2cc(C(C)C)on2)c(C(=O)N(C)C)nn1C. The molecule has 0 aliphatic rings. The van der Waals surface area contributed by atoms with E-state index in [1.165, 1.54) is 4.90 Å². The second kappa shape index (κ2) is 6.23. The van der Waals surface area contributed by atoms with E-state index in [2.05, 4.69) is 15.6 Å². The van der Waals surface area contributed by atoms with Gasteiger partial charge in [0.1, 0.15) is 5.76 Å². The van der Waals surface area contributed by atoms with Gasteiger partial charge in [0, 0.05) is 33.1 Å². The molecule has 0 aliphatic carbocycles. The summed E-state index contributed by atoms with van der Waals surface area (Å²) in [5.41, 5.74) is 1.41. The number of amides is 2. The summed E-state index contributed by atoms with van der Waals surface area (Å²) >= 11 is 0. The van der Waals surface area contributed by atoms with Crippen molar-refractivity contribution in [2.45, 2.75) is 26.7 Å². The van der Waals surface area contributed by atoms with Gasteiger partial charge in [-0.3, -0.25) is 14.3 Å². The Morgan fingerprint density at radius 2 is 2.00 bits per heavy atom. The van der Waals surface area contributed by atoms with Crippen LogP contribution in [-0.2, 0) is 7.05 Å². The van der Waals surface area contributed by atoms with E-state index in [-0.39, 0.29) is 23.2 Å². The van der Waals surface area contributed by atoms with Gasteiger partial charge in [0.05, 0.1) is 11.4 Å². The lowest BCUT2D eigenvalue weighted by Gasteiger charge is -2.10. The number of anilines is 1. The van der Waals surface area contributed by atoms with Crippen molar-refractivity contribution in [3.63, 3.8) is 0 Å². The molecule has 0 saturated heterocycles. The largest absolute Gasteiger partial charge is 0.360 e. The zero-order valence-electron chi connectivity index (χ0n) is 14.2. The fourth-order valence-electron chi connectivity index (χ4n) is 1.97. The third-order valence-corrected chi connectivity index (χ3v) is 3.51. The third kappa shape index (κ3) is 3.25. The Bertz CT molecular complexity index is 742. The van der Waals surface area contributed by atoms with Gasteiger partial charge in [0.2, 0.25) is 0 Å². The topological polar surface area (TPSA) is 93.3 Å². The molecule has 124 valence electrons. The van der Waals surface area contributed by atoms with Crippen molar-refractivity contribution >= 4 is 17.5 Å². The minimum atomic E-state index is -0.440. The minimum absolute atomic E-state index is 0.134. The second-order valence-corrected chi connectivity index (χ2v) is 5.86. The van der Waals surface area contributed by atoms with Crippen molar-refractivity contribution in [1.82, 2.24) is 19.8 Å². The Labute approximate surface area is 134 Å². The van der Waals surface area contributed by atoms with Gasteiger partial charge in [0.15, 0.2) is 11.4 Å². The van der Waals surface area contributed by atoms with Crippen LogP contribution in [0.2, 0.25) is 0 Å². The first-order chi connectivity index (χ1) is 10.7. The first kappa shape index (κ1) is 16.7. The van der Waals surface area contributed by atoms with E-state index in [0.717, 1.165) is 0 Å². The Morgan fingerprint density at radius 3 is 2.52 bits per heavy atom. The second-order valence-electron chi connectivity index (χ2n) is 5.86. The number of rotatable bonds is 4. The smallest absolute Gasteiger partial charge is 0.277 e. The molecule has 23 heavy (non-hydrogen) atoms. The van der Waals surface area contributed by atoms with Crippen molar-refractivity contribution < 1.29 is 14.1 Å². The van der Waals surface area contributed by atoms with Crippen LogP contribution >= 0.6 is 0 Å². The molecule has 2 heterocycles. The molecular weight excluding hydrogens is 298 g/mol. The van der Waals surface area contributed by atoms with Crippen LogP contribution in [0.1, 0.15) is 52.2 Å². The molecule has 0 saturated carbocycles. The molecule has 8 nitrogen and oxygen atoms in total. The van der Waals surface area contributed by atoms with Gasteiger partial charge in [-0.1, -0.05) is 19.0 Å². The van der Waals surface area contributed by atoms with Crippen molar-refractivity contribution in [3.8, 4) is 0 Å². The molecule has 0 atom stereocenters. The highest BCUT2D eigenvalue weighted by Crippen LogP contribution is 2.22. The molecule has 0 radical (unpaired) electrons. The third-order valence-electron chi connectivity index (χ3n) is 3.51. The van der Waals surface area contributed by atoms with Crippen LogP contribution in [0.5, 0.6) is 0 Å². The van der Waals surface area contributed by atoms with Crippen molar-refractivity contribution in [2.24, 2.45) is 7.05 Å².